The molecule has 0 saturated carbocycles. The predicted molar refractivity (Wildman–Crippen MR) is 78.6 cm³/mol. The van der Waals surface area contributed by atoms with Gasteiger partial charge in [-0.3, -0.25) is 0 Å². The minimum absolute atomic E-state index is 0.0245. The van der Waals surface area contributed by atoms with E-state index in [-0.39, 0.29) is 21.2 Å². The summed E-state index contributed by atoms with van der Waals surface area (Å²) < 4.78 is 2.97. The Morgan fingerprint density at radius 1 is 0.789 bits per heavy atom. The fraction of sp³-hybridized carbons (Fsp3) is 0. The Labute approximate surface area is 132 Å². The van der Waals surface area contributed by atoms with Gasteiger partial charge in [0.2, 0.25) is 2.88 Å². The molecule has 94 valence electrons. The second-order valence-corrected chi connectivity index (χ2v) is 9.09. The van der Waals surface area contributed by atoms with Gasteiger partial charge in [-0.05, 0) is 59.0 Å². The number of hydrogen-bond acceptors (Lipinski definition) is 1. The number of rotatable bonds is 3. The van der Waals surface area contributed by atoms with E-state index in [1.54, 1.807) is 0 Å². The zero-order valence-corrected chi connectivity index (χ0v) is 13.7. The van der Waals surface area contributed by atoms with Crippen LogP contribution in [0.3, 0.4) is 0 Å². The van der Waals surface area contributed by atoms with Crippen LogP contribution < -0.4 is 21.2 Å². The lowest BCUT2D eigenvalue weighted by Crippen LogP contribution is -3.61. The van der Waals surface area contributed by atoms with Crippen molar-refractivity contribution >= 4 is 22.9 Å². The maximum atomic E-state index is 5.91. The van der Waals surface area contributed by atoms with Crippen molar-refractivity contribution in [3.8, 4) is 11.1 Å². The first-order chi connectivity index (χ1) is 9.31. The number of hydrogen-bond donors (Lipinski definition) is 0. The quantitative estimate of drug-likeness (QED) is 0.595. The topological polar surface area (TPSA) is 0 Å². The first-order valence-corrected chi connectivity index (χ1v) is 9.27. The van der Waals surface area contributed by atoms with Crippen LogP contribution in [-0.4, -0.2) is 0 Å². The molecule has 19 heavy (non-hydrogen) atoms. The molecule has 0 radical (unpaired) electrons. The zero-order valence-electron chi connectivity index (χ0n) is 10.0. The smallest absolute Gasteiger partial charge is 0.0963 e. The predicted octanol–water partition coefficient (Wildman–Crippen LogP) is 2.20. The lowest BCUT2D eigenvalue weighted by molar-refractivity contribution is -0.591. The Bertz CT molecular complexity index is 642. The summed E-state index contributed by atoms with van der Waals surface area (Å²) in [5, 5.41) is 2.93. The highest BCUT2D eigenvalue weighted by Crippen LogP contribution is 2.20. The summed E-state index contributed by atoms with van der Waals surface area (Å²) in [6, 6.07) is 21.2. The molecule has 1 heterocycles. The summed E-state index contributed by atoms with van der Waals surface area (Å²) in [5.41, 5.74) is 2.46. The van der Waals surface area contributed by atoms with E-state index in [0.29, 0.717) is 0 Å². The highest BCUT2D eigenvalue weighted by Gasteiger charge is 2.16. The van der Waals surface area contributed by atoms with Crippen molar-refractivity contribution < 1.29 is 21.2 Å². The molecule has 0 aliphatic rings. The Balaban J connectivity index is 1.80. The van der Waals surface area contributed by atoms with E-state index in [0.717, 1.165) is 5.02 Å². The summed E-state index contributed by atoms with van der Waals surface area (Å²) in [5.74, 6) is 0. The molecular weight excluding hydrogens is 387 g/mol. The summed E-state index contributed by atoms with van der Waals surface area (Å²) in [4.78, 5) is 0. The number of halogens is 2. The van der Waals surface area contributed by atoms with Crippen LogP contribution in [0, 0.1) is 6.45 Å². The van der Waals surface area contributed by atoms with E-state index in [1.165, 1.54) is 17.6 Å². The van der Waals surface area contributed by atoms with E-state index in [9.17, 15) is 0 Å². The van der Waals surface area contributed by atoms with E-state index in [1.807, 2.05) is 23.5 Å². The highest BCUT2D eigenvalue weighted by molar-refractivity contribution is 7.07. The van der Waals surface area contributed by atoms with Crippen LogP contribution in [0.5, 0.6) is 0 Å². The minimum Gasteiger partial charge on any atom is -0.0963 e. The molecule has 3 heteroatoms. The van der Waals surface area contributed by atoms with Gasteiger partial charge in [0.15, 0.2) is 3.57 Å². The lowest BCUT2D eigenvalue weighted by atomic mass is 10.1. The average molecular weight is 398 g/mol. The molecule has 3 aromatic rings. The van der Waals surface area contributed by atoms with Gasteiger partial charge in [-0.15, -0.1) is 0 Å². The normalized spacial score (nSPS) is 10.6. The molecule has 0 nitrogen and oxygen atoms in total. The Hall–Kier alpha value is -0.840. The zero-order chi connectivity index (χ0) is 13.1. The summed E-state index contributed by atoms with van der Waals surface area (Å²) in [6.45, 7) is 0. The summed E-state index contributed by atoms with van der Waals surface area (Å²) >= 11 is 7.74. The van der Waals surface area contributed by atoms with Crippen LogP contribution in [0.1, 0.15) is 0 Å². The van der Waals surface area contributed by atoms with Gasteiger partial charge in [0.25, 0.3) is 0 Å². The van der Waals surface area contributed by atoms with Gasteiger partial charge in [-0.25, -0.2) is 0 Å². The van der Waals surface area contributed by atoms with Gasteiger partial charge < -0.3 is 0 Å². The molecule has 0 N–H and O–H groups in total. The van der Waals surface area contributed by atoms with Crippen LogP contribution >= 0.6 is 22.9 Å². The molecule has 0 saturated heterocycles. The van der Waals surface area contributed by atoms with Crippen LogP contribution in [0.25, 0.3) is 11.1 Å². The van der Waals surface area contributed by atoms with Crippen LogP contribution in [-0.2, 0) is 0 Å². The molecule has 0 spiro atoms. The largest absolute Gasteiger partial charge is 0.369 e. The standard InChI is InChI=1S/C16H11ClIS/c17-14-7-3-12(4-8-14)13-5-9-15(10-6-13)18-16-2-1-11-19-16/h1-11H/q+1. The van der Waals surface area contributed by atoms with Gasteiger partial charge in [0.1, 0.15) is 0 Å². The van der Waals surface area contributed by atoms with Crippen molar-refractivity contribution in [1.82, 2.24) is 0 Å². The molecule has 0 unspecified atom stereocenters. The van der Waals surface area contributed by atoms with Crippen LogP contribution in [0.4, 0.5) is 0 Å². The number of thiophene rings is 1. The van der Waals surface area contributed by atoms with E-state index in [4.69, 9.17) is 11.6 Å². The fourth-order valence-electron chi connectivity index (χ4n) is 1.77. The maximum absolute atomic E-state index is 5.91. The van der Waals surface area contributed by atoms with Crippen LogP contribution in [0.15, 0.2) is 66.0 Å². The monoisotopic (exact) mass is 397 g/mol. The van der Waals surface area contributed by atoms with E-state index < -0.39 is 0 Å². The summed E-state index contributed by atoms with van der Waals surface area (Å²) in [6.07, 6.45) is 0. The first kappa shape index (κ1) is 13.2. The van der Waals surface area contributed by atoms with E-state index in [2.05, 4.69) is 53.9 Å². The van der Waals surface area contributed by atoms with Gasteiger partial charge >= 0.3 is 21.2 Å². The first-order valence-electron chi connectivity index (χ1n) is 5.85. The Morgan fingerprint density at radius 2 is 1.42 bits per heavy atom. The molecule has 0 fully saturated rings. The third-order valence-electron chi connectivity index (χ3n) is 2.71. The third kappa shape index (κ3) is 3.38. The van der Waals surface area contributed by atoms with Crippen molar-refractivity contribution in [3.05, 3.63) is 77.5 Å². The van der Waals surface area contributed by atoms with Gasteiger partial charge in [0.05, 0.1) is 0 Å². The molecule has 0 atom stereocenters. The van der Waals surface area contributed by atoms with Gasteiger partial charge in [-0.2, -0.15) is 0 Å². The van der Waals surface area contributed by atoms with E-state index >= 15 is 0 Å². The van der Waals surface area contributed by atoms with Crippen molar-refractivity contribution in [2.45, 2.75) is 0 Å². The van der Waals surface area contributed by atoms with Gasteiger partial charge in [-0.1, -0.05) is 35.1 Å². The van der Waals surface area contributed by atoms with Crippen molar-refractivity contribution in [2.24, 2.45) is 0 Å². The van der Waals surface area contributed by atoms with Gasteiger partial charge in [0, 0.05) is 11.1 Å². The van der Waals surface area contributed by atoms with Crippen molar-refractivity contribution in [2.75, 3.05) is 0 Å². The van der Waals surface area contributed by atoms with Crippen molar-refractivity contribution in [1.29, 1.82) is 0 Å². The summed E-state index contributed by atoms with van der Waals surface area (Å²) in [7, 11) is 0. The SMILES string of the molecule is Clc1ccc(-c2ccc([I+]c3cccs3)cc2)cc1. The highest BCUT2D eigenvalue weighted by atomic mass is 127. The minimum atomic E-state index is -0.0245. The Kier molecular flexibility index (Phi) is 4.21. The second kappa shape index (κ2) is 6.07. The van der Waals surface area contributed by atoms with Crippen molar-refractivity contribution in [3.63, 3.8) is 0 Å². The molecular formula is C16H11ClIS+. The average Bonchev–Trinajstić information content (AvgIpc) is 2.94. The maximum Gasteiger partial charge on any atom is 0.369 e. The Morgan fingerprint density at radius 3 is 2.00 bits per heavy atom. The molecule has 3 rings (SSSR count). The molecule has 0 amide bonds. The molecule has 0 bridgehead atoms. The lowest BCUT2D eigenvalue weighted by Gasteiger charge is -2.00. The van der Waals surface area contributed by atoms with Crippen LogP contribution in [0.2, 0.25) is 5.02 Å². The molecule has 0 aliphatic carbocycles. The fourth-order valence-corrected chi connectivity index (χ4v) is 5.52. The molecule has 0 aliphatic heterocycles. The molecule has 2 aromatic carbocycles. The third-order valence-corrected chi connectivity index (χ3v) is 7.13. The number of benzene rings is 2. The second-order valence-electron chi connectivity index (χ2n) is 4.03. The molecule has 1 aromatic heterocycles.